The SMILES string of the molecule is O=C(NC1(C(=O)O)CCOCC1)c1ccc2c(c1)CCCC2. The number of hydrogen-bond donors (Lipinski definition) is 2. The number of aliphatic carboxylic acids is 1. The molecule has 5 nitrogen and oxygen atoms in total. The smallest absolute Gasteiger partial charge is 0.329 e. The third-order valence-corrected chi connectivity index (χ3v) is 4.72. The molecule has 1 fully saturated rings. The molecule has 0 unspecified atom stereocenters. The fourth-order valence-electron chi connectivity index (χ4n) is 3.28. The molecule has 1 aromatic rings. The first kappa shape index (κ1) is 15.0. The zero-order valence-corrected chi connectivity index (χ0v) is 12.6. The summed E-state index contributed by atoms with van der Waals surface area (Å²) in [5.41, 5.74) is 1.87. The minimum absolute atomic E-state index is 0.305. The number of benzene rings is 1. The molecule has 1 aliphatic heterocycles. The molecule has 2 N–H and O–H groups in total. The Hall–Kier alpha value is -1.88. The van der Waals surface area contributed by atoms with Gasteiger partial charge in [0.1, 0.15) is 5.54 Å². The molecule has 1 aliphatic carbocycles. The fraction of sp³-hybridized carbons (Fsp3) is 0.529. The van der Waals surface area contributed by atoms with Gasteiger partial charge in [-0.05, 0) is 48.9 Å². The first-order valence-electron chi connectivity index (χ1n) is 7.86. The van der Waals surface area contributed by atoms with Gasteiger partial charge >= 0.3 is 5.97 Å². The third kappa shape index (κ3) is 2.86. The van der Waals surface area contributed by atoms with Crippen LogP contribution in [-0.2, 0) is 22.4 Å². The van der Waals surface area contributed by atoms with Crippen LogP contribution in [0.1, 0.15) is 47.2 Å². The summed E-state index contributed by atoms with van der Waals surface area (Å²) in [6.45, 7) is 0.716. The number of fused-ring (bicyclic) bond motifs is 1. The van der Waals surface area contributed by atoms with Gasteiger partial charge in [0.25, 0.3) is 5.91 Å². The van der Waals surface area contributed by atoms with Gasteiger partial charge in [0.05, 0.1) is 0 Å². The second kappa shape index (κ2) is 6.08. The highest BCUT2D eigenvalue weighted by Gasteiger charge is 2.41. The normalized spacial score (nSPS) is 20.0. The van der Waals surface area contributed by atoms with E-state index >= 15 is 0 Å². The molecule has 1 amide bonds. The summed E-state index contributed by atoms with van der Waals surface area (Å²) < 4.78 is 5.22. The van der Waals surface area contributed by atoms with Crippen molar-refractivity contribution in [3.05, 3.63) is 34.9 Å². The summed E-state index contributed by atoms with van der Waals surface area (Å²) in [4.78, 5) is 24.1. The molecule has 0 saturated carbocycles. The van der Waals surface area contributed by atoms with E-state index in [2.05, 4.69) is 5.32 Å². The molecular formula is C17H21NO4. The quantitative estimate of drug-likeness (QED) is 0.894. The van der Waals surface area contributed by atoms with Crippen molar-refractivity contribution < 1.29 is 19.4 Å². The first-order valence-corrected chi connectivity index (χ1v) is 7.86. The molecule has 22 heavy (non-hydrogen) atoms. The molecule has 1 aromatic carbocycles. The number of carbonyl (C=O) groups excluding carboxylic acids is 1. The fourth-order valence-corrected chi connectivity index (χ4v) is 3.28. The van der Waals surface area contributed by atoms with Gasteiger partial charge in [0.2, 0.25) is 0 Å². The Morgan fingerprint density at radius 2 is 1.77 bits per heavy atom. The van der Waals surface area contributed by atoms with E-state index in [-0.39, 0.29) is 5.91 Å². The Labute approximate surface area is 129 Å². The summed E-state index contributed by atoms with van der Waals surface area (Å²) in [5, 5.41) is 12.2. The van der Waals surface area contributed by atoms with Gasteiger partial charge in [-0.3, -0.25) is 4.79 Å². The van der Waals surface area contributed by atoms with Crippen LogP contribution in [-0.4, -0.2) is 35.7 Å². The van der Waals surface area contributed by atoms with Gasteiger partial charge in [0, 0.05) is 31.6 Å². The van der Waals surface area contributed by atoms with E-state index in [0.717, 1.165) is 19.3 Å². The standard InChI is InChI=1S/C17H21NO4/c19-15(18-17(16(20)21)7-9-22-10-8-17)14-6-5-12-3-1-2-4-13(12)11-14/h5-6,11H,1-4,7-10H2,(H,18,19)(H,20,21). The van der Waals surface area contributed by atoms with Crippen molar-refractivity contribution in [2.75, 3.05) is 13.2 Å². The lowest BCUT2D eigenvalue weighted by Crippen LogP contribution is -2.57. The lowest BCUT2D eigenvalue weighted by atomic mass is 9.88. The van der Waals surface area contributed by atoms with Gasteiger partial charge in [0.15, 0.2) is 0 Å². The Morgan fingerprint density at radius 3 is 2.45 bits per heavy atom. The maximum Gasteiger partial charge on any atom is 0.329 e. The highest BCUT2D eigenvalue weighted by Crippen LogP contribution is 2.24. The van der Waals surface area contributed by atoms with Crippen molar-refractivity contribution in [1.29, 1.82) is 0 Å². The predicted octanol–water partition coefficient (Wildman–Crippen LogP) is 1.93. The average molecular weight is 303 g/mol. The van der Waals surface area contributed by atoms with Crippen LogP contribution in [0.5, 0.6) is 0 Å². The van der Waals surface area contributed by atoms with Crippen LogP contribution < -0.4 is 5.32 Å². The zero-order valence-electron chi connectivity index (χ0n) is 12.6. The minimum atomic E-state index is -1.20. The topological polar surface area (TPSA) is 75.6 Å². The van der Waals surface area contributed by atoms with E-state index in [4.69, 9.17) is 4.74 Å². The van der Waals surface area contributed by atoms with Gasteiger partial charge in [-0.25, -0.2) is 4.79 Å². The lowest BCUT2D eigenvalue weighted by Gasteiger charge is -2.34. The molecule has 0 aromatic heterocycles. The van der Waals surface area contributed by atoms with Gasteiger partial charge in [-0.15, -0.1) is 0 Å². The monoisotopic (exact) mass is 303 g/mol. The number of rotatable bonds is 3. The third-order valence-electron chi connectivity index (χ3n) is 4.72. The molecular weight excluding hydrogens is 282 g/mol. The largest absolute Gasteiger partial charge is 0.480 e. The maximum atomic E-state index is 12.5. The maximum absolute atomic E-state index is 12.5. The van der Waals surface area contributed by atoms with Crippen molar-refractivity contribution in [2.45, 2.75) is 44.1 Å². The van der Waals surface area contributed by atoms with E-state index in [9.17, 15) is 14.7 Å². The van der Waals surface area contributed by atoms with Crippen LogP contribution in [0.25, 0.3) is 0 Å². The second-order valence-electron chi connectivity index (χ2n) is 6.14. The van der Waals surface area contributed by atoms with Crippen molar-refractivity contribution in [1.82, 2.24) is 5.32 Å². The number of carboxylic acid groups (broad SMARTS) is 1. The molecule has 2 aliphatic rings. The molecule has 118 valence electrons. The summed E-state index contributed by atoms with van der Waals surface area (Å²) in [6.07, 6.45) is 5.01. The molecule has 1 heterocycles. The summed E-state index contributed by atoms with van der Waals surface area (Å²) >= 11 is 0. The molecule has 0 atom stereocenters. The van der Waals surface area contributed by atoms with E-state index < -0.39 is 11.5 Å². The molecule has 3 rings (SSSR count). The van der Waals surface area contributed by atoms with Crippen LogP contribution in [0.3, 0.4) is 0 Å². The van der Waals surface area contributed by atoms with Crippen molar-refractivity contribution >= 4 is 11.9 Å². The summed E-state index contributed by atoms with van der Waals surface area (Å²) in [7, 11) is 0. The average Bonchev–Trinajstić information content (AvgIpc) is 2.55. The molecule has 0 radical (unpaired) electrons. The van der Waals surface area contributed by atoms with Crippen LogP contribution in [0.2, 0.25) is 0 Å². The van der Waals surface area contributed by atoms with E-state index in [1.807, 2.05) is 12.1 Å². The number of amides is 1. The van der Waals surface area contributed by atoms with Gasteiger partial charge < -0.3 is 15.2 Å². The molecule has 0 bridgehead atoms. The Morgan fingerprint density at radius 1 is 1.09 bits per heavy atom. The van der Waals surface area contributed by atoms with Gasteiger partial charge in [-0.1, -0.05) is 6.07 Å². The number of nitrogens with one attached hydrogen (secondary N) is 1. The highest BCUT2D eigenvalue weighted by molar-refractivity contribution is 5.98. The molecule has 0 spiro atoms. The molecule has 1 saturated heterocycles. The van der Waals surface area contributed by atoms with E-state index in [1.165, 1.54) is 17.5 Å². The van der Waals surface area contributed by atoms with Gasteiger partial charge in [-0.2, -0.15) is 0 Å². The first-order chi connectivity index (χ1) is 10.6. The number of carboxylic acids is 1. The lowest BCUT2D eigenvalue weighted by molar-refractivity contribution is -0.148. The van der Waals surface area contributed by atoms with Crippen LogP contribution in [0, 0.1) is 0 Å². The van der Waals surface area contributed by atoms with E-state index in [1.54, 1.807) is 6.07 Å². The number of hydrogen-bond acceptors (Lipinski definition) is 3. The van der Waals surface area contributed by atoms with Crippen LogP contribution in [0.4, 0.5) is 0 Å². The van der Waals surface area contributed by atoms with Crippen molar-refractivity contribution in [3.63, 3.8) is 0 Å². The van der Waals surface area contributed by atoms with Crippen LogP contribution >= 0.6 is 0 Å². The summed E-state index contributed by atoms with van der Waals surface area (Å²) in [5.74, 6) is -1.29. The zero-order chi connectivity index (χ0) is 15.6. The van der Waals surface area contributed by atoms with Crippen molar-refractivity contribution in [2.24, 2.45) is 0 Å². The molecule has 5 heteroatoms. The highest BCUT2D eigenvalue weighted by atomic mass is 16.5. The summed E-state index contributed by atoms with van der Waals surface area (Å²) in [6, 6.07) is 5.72. The predicted molar refractivity (Wildman–Crippen MR) is 81.0 cm³/mol. The Balaban J connectivity index is 1.79. The number of carbonyl (C=O) groups is 2. The van der Waals surface area contributed by atoms with Crippen molar-refractivity contribution in [3.8, 4) is 0 Å². The van der Waals surface area contributed by atoms with Crippen LogP contribution in [0.15, 0.2) is 18.2 Å². The minimum Gasteiger partial charge on any atom is -0.480 e. The second-order valence-corrected chi connectivity index (χ2v) is 6.14. The Kier molecular flexibility index (Phi) is 4.16. The van der Waals surface area contributed by atoms with E-state index in [0.29, 0.717) is 31.6 Å². The number of aryl methyl sites for hydroxylation is 2. The Bertz CT molecular complexity index is 590. The number of ether oxygens (including phenoxy) is 1.